The molecule has 0 saturated carbocycles. The van der Waals surface area contributed by atoms with Crippen LogP contribution in [-0.2, 0) is 14.3 Å². The fourth-order valence-electron chi connectivity index (χ4n) is 1.90. The van der Waals surface area contributed by atoms with Crippen molar-refractivity contribution in [2.45, 2.75) is 20.3 Å². The summed E-state index contributed by atoms with van der Waals surface area (Å²) >= 11 is 0. The maximum Gasteiger partial charge on any atom is 0.319 e. The number of ether oxygens (including phenoxy) is 1. The summed E-state index contributed by atoms with van der Waals surface area (Å²) in [6, 6.07) is 7.61. The molecule has 1 N–H and O–H groups in total. The standard InChI is InChI=1S/C15H22N2O3/c1-4-8-17(11-15(19)20-3)10-14(18)16-13-7-5-6-12(2)9-13/h5-7,9H,4,8,10-11H2,1-3H3,(H,16,18). The number of hydrogen-bond acceptors (Lipinski definition) is 4. The van der Waals surface area contributed by atoms with Crippen LogP contribution in [0, 0.1) is 6.92 Å². The quantitative estimate of drug-likeness (QED) is 0.773. The average molecular weight is 278 g/mol. The van der Waals surface area contributed by atoms with Crippen molar-refractivity contribution in [1.29, 1.82) is 0 Å². The van der Waals surface area contributed by atoms with Gasteiger partial charge >= 0.3 is 5.97 Å². The number of benzene rings is 1. The molecule has 5 nitrogen and oxygen atoms in total. The lowest BCUT2D eigenvalue weighted by atomic mass is 10.2. The fraction of sp³-hybridized carbons (Fsp3) is 0.467. The zero-order valence-electron chi connectivity index (χ0n) is 12.3. The van der Waals surface area contributed by atoms with Gasteiger partial charge in [-0.05, 0) is 37.6 Å². The Bertz CT molecular complexity index is 460. The molecule has 1 aromatic carbocycles. The number of anilines is 1. The molecule has 0 atom stereocenters. The third-order valence-corrected chi connectivity index (χ3v) is 2.79. The Kier molecular flexibility index (Phi) is 6.73. The molecule has 0 saturated heterocycles. The van der Waals surface area contributed by atoms with E-state index in [4.69, 9.17) is 0 Å². The highest BCUT2D eigenvalue weighted by atomic mass is 16.5. The van der Waals surface area contributed by atoms with Gasteiger partial charge in [0.05, 0.1) is 20.2 Å². The van der Waals surface area contributed by atoms with Crippen molar-refractivity contribution >= 4 is 17.6 Å². The Morgan fingerprint density at radius 3 is 2.65 bits per heavy atom. The highest BCUT2D eigenvalue weighted by Gasteiger charge is 2.14. The van der Waals surface area contributed by atoms with Crippen molar-refractivity contribution in [3.63, 3.8) is 0 Å². The molecule has 20 heavy (non-hydrogen) atoms. The van der Waals surface area contributed by atoms with Gasteiger partial charge in [-0.3, -0.25) is 14.5 Å². The number of hydrogen-bond donors (Lipinski definition) is 1. The van der Waals surface area contributed by atoms with Crippen LogP contribution in [0.5, 0.6) is 0 Å². The molecule has 0 spiro atoms. The first-order chi connectivity index (χ1) is 9.55. The molecular weight excluding hydrogens is 256 g/mol. The van der Waals surface area contributed by atoms with Crippen LogP contribution in [0.25, 0.3) is 0 Å². The predicted octanol–water partition coefficient (Wildman–Crippen LogP) is 1.82. The lowest BCUT2D eigenvalue weighted by Crippen LogP contribution is -2.37. The summed E-state index contributed by atoms with van der Waals surface area (Å²) in [5, 5.41) is 2.83. The Labute approximate surface area is 119 Å². The Balaban J connectivity index is 2.55. The van der Waals surface area contributed by atoms with E-state index < -0.39 is 0 Å². The summed E-state index contributed by atoms with van der Waals surface area (Å²) in [6.07, 6.45) is 0.870. The van der Waals surface area contributed by atoms with Crippen molar-refractivity contribution in [2.75, 3.05) is 32.1 Å². The molecule has 1 amide bonds. The number of nitrogens with one attached hydrogen (secondary N) is 1. The molecule has 0 fully saturated rings. The third-order valence-electron chi connectivity index (χ3n) is 2.79. The predicted molar refractivity (Wildman–Crippen MR) is 78.6 cm³/mol. The second kappa shape index (κ2) is 8.32. The van der Waals surface area contributed by atoms with E-state index in [1.165, 1.54) is 7.11 Å². The Morgan fingerprint density at radius 1 is 1.30 bits per heavy atom. The Morgan fingerprint density at radius 2 is 2.05 bits per heavy atom. The van der Waals surface area contributed by atoms with Gasteiger partial charge in [-0.25, -0.2) is 0 Å². The molecule has 1 rings (SSSR count). The fourth-order valence-corrected chi connectivity index (χ4v) is 1.90. The van der Waals surface area contributed by atoms with Crippen molar-refractivity contribution in [2.24, 2.45) is 0 Å². The van der Waals surface area contributed by atoms with Gasteiger partial charge in [-0.1, -0.05) is 19.1 Å². The molecule has 0 aromatic heterocycles. The second-order valence-corrected chi connectivity index (χ2v) is 4.70. The average Bonchev–Trinajstić information content (AvgIpc) is 2.38. The summed E-state index contributed by atoms with van der Waals surface area (Å²) < 4.78 is 4.63. The third kappa shape index (κ3) is 5.84. The number of esters is 1. The van der Waals surface area contributed by atoms with Crippen molar-refractivity contribution in [1.82, 2.24) is 4.90 Å². The highest BCUT2D eigenvalue weighted by molar-refractivity contribution is 5.92. The van der Waals surface area contributed by atoms with Crippen LogP contribution < -0.4 is 5.32 Å². The van der Waals surface area contributed by atoms with E-state index >= 15 is 0 Å². The second-order valence-electron chi connectivity index (χ2n) is 4.70. The summed E-state index contributed by atoms with van der Waals surface area (Å²) in [5.41, 5.74) is 1.85. The van der Waals surface area contributed by atoms with Crippen LogP contribution in [0.2, 0.25) is 0 Å². The topological polar surface area (TPSA) is 58.6 Å². The minimum atomic E-state index is -0.332. The normalized spacial score (nSPS) is 10.4. The summed E-state index contributed by atoms with van der Waals surface area (Å²) in [5.74, 6) is -0.463. The van der Waals surface area contributed by atoms with Crippen molar-refractivity contribution in [3.8, 4) is 0 Å². The zero-order chi connectivity index (χ0) is 15.0. The number of nitrogens with zero attached hydrogens (tertiary/aromatic N) is 1. The number of amides is 1. The first-order valence-corrected chi connectivity index (χ1v) is 6.70. The maximum atomic E-state index is 12.0. The number of carbonyl (C=O) groups excluding carboxylic acids is 2. The molecule has 1 aromatic rings. The van der Waals surface area contributed by atoms with Gasteiger partial charge in [0, 0.05) is 5.69 Å². The number of rotatable bonds is 7. The van der Waals surface area contributed by atoms with Gasteiger partial charge in [-0.2, -0.15) is 0 Å². The van der Waals surface area contributed by atoms with Crippen LogP contribution in [-0.4, -0.2) is 43.5 Å². The van der Waals surface area contributed by atoms with Crippen LogP contribution in [0.1, 0.15) is 18.9 Å². The smallest absolute Gasteiger partial charge is 0.319 e. The van der Waals surface area contributed by atoms with Crippen LogP contribution in [0.3, 0.4) is 0 Å². The van der Waals surface area contributed by atoms with Gasteiger partial charge < -0.3 is 10.1 Å². The molecule has 0 unspecified atom stereocenters. The van der Waals surface area contributed by atoms with Gasteiger partial charge in [0.1, 0.15) is 0 Å². The van der Waals surface area contributed by atoms with Gasteiger partial charge in [-0.15, -0.1) is 0 Å². The van der Waals surface area contributed by atoms with Crippen LogP contribution in [0.15, 0.2) is 24.3 Å². The molecule has 0 bridgehead atoms. The van der Waals surface area contributed by atoms with E-state index in [0.29, 0.717) is 6.54 Å². The lowest BCUT2D eigenvalue weighted by Gasteiger charge is -2.19. The molecule has 0 heterocycles. The van der Waals surface area contributed by atoms with Crippen LogP contribution in [0.4, 0.5) is 5.69 Å². The first-order valence-electron chi connectivity index (χ1n) is 6.70. The number of methoxy groups -OCH3 is 1. The molecule has 0 radical (unpaired) electrons. The van der Waals surface area contributed by atoms with E-state index in [2.05, 4.69) is 10.1 Å². The minimum Gasteiger partial charge on any atom is -0.468 e. The van der Waals surface area contributed by atoms with E-state index in [9.17, 15) is 9.59 Å². The monoisotopic (exact) mass is 278 g/mol. The lowest BCUT2D eigenvalue weighted by molar-refractivity contribution is -0.142. The van der Waals surface area contributed by atoms with E-state index in [1.807, 2.05) is 38.1 Å². The minimum absolute atomic E-state index is 0.131. The summed E-state index contributed by atoms with van der Waals surface area (Å²) in [4.78, 5) is 25.0. The zero-order valence-corrected chi connectivity index (χ0v) is 12.3. The Hall–Kier alpha value is -1.88. The maximum absolute atomic E-state index is 12.0. The summed E-state index contributed by atoms with van der Waals surface area (Å²) in [6.45, 7) is 4.96. The molecule has 5 heteroatoms. The molecule has 0 aliphatic heterocycles. The summed E-state index contributed by atoms with van der Waals surface area (Å²) in [7, 11) is 1.35. The van der Waals surface area contributed by atoms with Crippen molar-refractivity contribution in [3.05, 3.63) is 29.8 Å². The van der Waals surface area contributed by atoms with Crippen LogP contribution >= 0.6 is 0 Å². The van der Waals surface area contributed by atoms with Crippen molar-refractivity contribution < 1.29 is 14.3 Å². The van der Waals surface area contributed by atoms with Gasteiger partial charge in [0.15, 0.2) is 0 Å². The van der Waals surface area contributed by atoms with E-state index in [-0.39, 0.29) is 25.0 Å². The first kappa shape index (κ1) is 16.2. The van der Waals surface area contributed by atoms with Gasteiger partial charge in [0.25, 0.3) is 0 Å². The van der Waals surface area contributed by atoms with E-state index in [0.717, 1.165) is 17.7 Å². The molecule has 0 aliphatic rings. The molecular formula is C15H22N2O3. The molecule has 0 aliphatic carbocycles. The van der Waals surface area contributed by atoms with E-state index in [1.54, 1.807) is 4.90 Å². The number of aryl methyl sites for hydroxylation is 1. The largest absolute Gasteiger partial charge is 0.468 e. The SMILES string of the molecule is CCCN(CC(=O)Nc1cccc(C)c1)CC(=O)OC. The molecule has 110 valence electrons. The van der Waals surface area contributed by atoms with Gasteiger partial charge in [0.2, 0.25) is 5.91 Å². The highest BCUT2D eigenvalue weighted by Crippen LogP contribution is 2.09. The number of carbonyl (C=O) groups is 2.